The minimum Gasteiger partial charge on any atom is -0.507 e. The van der Waals surface area contributed by atoms with Gasteiger partial charge in [-0.3, -0.25) is 0 Å². The number of nitrogens with zero attached hydrogens (tertiary/aromatic N) is 2. The van der Waals surface area contributed by atoms with E-state index in [-0.39, 0.29) is 21.6 Å². The molecule has 0 spiro atoms. The minimum atomic E-state index is -4.03. The van der Waals surface area contributed by atoms with E-state index >= 15 is 0 Å². The molecule has 1 aromatic carbocycles. The van der Waals surface area contributed by atoms with Crippen LogP contribution in [0.1, 0.15) is 58.2 Å². The predicted octanol–water partition coefficient (Wildman–Crippen LogP) is 4.72. The molecule has 2 aromatic rings. The van der Waals surface area contributed by atoms with Gasteiger partial charge in [-0.1, -0.05) is 47.6 Å². The molecular weight excluding hydrogens is 372 g/mol. The van der Waals surface area contributed by atoms with E-state index in [1.54, 1.807) is 30.3 Å². The molecule has 0 aliphatic heterocycles. The summed E-state index contributed by atoms with van der Waals surface area (Å²) in [5, 5.41) is 20.1. The lowest BCUT2D eigenvalue weighted by Gasteiger charge is -2.28. The normalized spacial score (nSPS) is 13.2. The first-order valence-corrected chi connectivity index (χ1v) is 10.4. The van der Waals surface area contributed by atoms with E-state index in [2.05, 4.69) is 4.98 Å². The number of sulfone groups is 1. The van der Waals surface area contributed by atoms with Crippen LogP contribution in [0.25, 0.3) is 6.08 Å². The van der Waals surface area contributed by atoms with Crippen LogP contribution in [0.5, 0.6) is 5.75 Å². The first-order chi connectivity index (χ1) is 12.8. The van der Waals surface area contributed by atoms with Gasteiger partial charge in [0.15, 0.2) is 9.93 Å². The largest absolute Gasteiger partial charge is 0.507 e. The monoisotopic (exact) mass is 398 g/mol. The Morgan fingerprint density at radius 2 is 1.61 bits per heavy atom. The molecule has 148 valence electrons. The highest BCUT2D eigenvalue weighted by Crippen LogP contribution is 2.40. The van der Waals surface area contributed by atoms with E-state index in [9.17, 15) is 18.8 Å². The molecule has 5 nitrogen and oxygen atoms in total. The zero-order valence-corrected chi connectivity index (χ0v) is 17.9. The number of allylic oxidation sites excluding steroid dienone is 1. The van der Waals surface area contributed by atoms with Crippen molar-refractivity contribution in [1.29, 1.82) is 5.26 Å². The van der Waals surface area contributed by atoms with Crippen LogP contribution in [-0.4, -0.2) is 18.5 Å². The van der Waals surface area contributed by atoms with Gasteiger partial charge in [-0.05, 0) is 46.7 Å². The number of nitriles is 1. The van der Waals surface area contributed by atoms with Crippen molar-refractivity contribution in [1.82, 2.24) is 4.98 Å². The number of hydrogen-bond acceptors (Lipinski definition) is 5. The van der Waals surface area contributed by atoms with Crippen LogP contribution in [0, 0.1) is 11.3 Å². The summed E-state index contributed by atoms with van der Waals surface area (Å²) >= 11 is 0. The van der Waals surface area contributed by atoms with Crippen LogP contribution in [0.4, 0.5) is 0 Å². The van der Waals surface area contributed by atoms with E-state index in [0.717, 1.165) is 0 Å². The summed E-state index contributed by atoms with van der Waals surface area (Å²) in [7, 11) is -4.03. The van der Waals surface area contributed by atoms with Gasteiger partial charge in [-0.15, -0.1) is 0 Å². The molecule has 6 heteroatoms. The fraction of sp³-hybridized carbons (Fsp3) is 0.364. The highest BCUT2D eigenvalue weighted by molar-refractivity contribution is 7.95. The van der Waals surface area contributed by atoms with Gasteiger partial charge in [0.05, 0.1) is 0 Å². The lowest BCUT2D eigenvalue weighted by atomic mass is 9.78. The molecule has 0 aliphatic rings. The Morgan fingerprint density at radius 3 is 2.00 bits per heavy atom. The molecule has 0 saturated carbocycles. The van der Waals surface area contributed by atoms with Crippen molar-refractivity contribution in [3.8, 4) is 11.8 Å². The van der Waals surface area contributed by atoms with Gasteiger partial charge in [-0.25, -0.2) is 13.4 Å². The third-order valence-corrected chi connectivity index (χ3v) is 5.94. The number of phenols is 1. The maximum Gasteiger partial charge on any atom is 0.233 e. The quantitative estimate of drug-likeness (QED) is 0.755. The van der Waals surface area contributed by atoms with Crippen molar-refractivity contribution in [2.75, 3.05) is 0 Å². The van der Waals surface area contributed by atoms with Gasteiger partial charge in [0.25, 0.3) is 0 Å². The van der Waals surface area contributed by atoms with Gasteiger partial charge in [0.1, 0.15) is 11.8 Å². The molecule has 0 atom stereocenters. The fourth-order valence-electron chi connectivity index (χ4n) is 2.82. The molecule has 0 aliphatic carbocycles. The molecule has 28 heavy (non-hydrogen) atoms. The van der Waals surface area contributed by atoms with Crippen LogP contribution >= 0.6 is 0 Å². The molecule has 1 aromatic heterocycles. The van der Waals surface area contributed by atoms with Crippen LogP contribution in [0.2, 0.25) is 0 Å². The first-order valence-electron chi connectivity index (χ1n) is 8.94. The highest BCUT2D eigenvalue weighted by atomic mass is 32.2. The van der Waals surface area contributed by atoms with Gasteiger partial charge < -0.3 is 5.11 Å². The average molecular weight is 399 g/mol. The van der Waals surface area contributed by atoms with Crippen molar-refractivity contribution in [2.45, 2.75) is 57.4 Å². The Morgan fingerprint density at radius 1 is 1.07 bits per heavy atom. The fourth-order valence-corrected chi connectivity index (χ4v) is 3.92. The number of aromatic hydroxyl groups is 1. The SMILES string of the molecule is CC(C)(C)c1cc(/C=C(\C#N)S(=O)(=O)c2ccccn2)cc(C(C)(C)C)c1O. The van der Waals surface area contributed by atoms with Crippen molar-refractivity contribution < 1.29 is 13.5 Å². The summed E-state index contributed by atoms with van der Waals surface area (Å²) in [5.41, 5.74) is 1.21. The van der Waals surface area contributed by atoms with E-state index < -0.39 is 14.7 Å². The Hall–Kier alpha value is -2.65. The molecule has 0 radical (unpaired) electrons. The van der Waals surface area contributed by atoms with Crippen LogP contribution < -0.4 is 0 Å². The van der Waals surface area contributed by atoms with Gasteiger partial charge in [0, 0.05) is 17.3 Å². The van der Waals surface area contributed by atoms with Crippen molar-refractivity contribution >= 4 is 15.9 Å². The smallest absolute Gasteiger partial charge is 0.233 e. The summed E-state index contributed by atoms with van der Waals surface area (Å²) in [5.74, 6) is 0.197. The van der Waals surface area contributed by atoms with E-state index in [1.807, 2.05) is 41.5 Å². The molecule has 0 bridgehead atoms. The molecule has 0 fully saturated rings. The van der Waals surface area contributed by atoms with E-state index in [0.29, 0.717) is 16.7 Å². The number of phenolic OH excluding ortho intramolecular Hbond substituents is 1. The third-order valence-electron chi connectivity index (χ3n) is 4.36. The molecule has 0 amide bonds. The standard InChI is InChI=1S/C22H26N2O3S/c1-21(2,3)17-12-15(13-18(20(17)25)22(4,5)6)11-16(14-23)28(26,27)19-9-7-8-10-24-19/h7-13,25H,1-6H3/b16-11+. The third kappa shape index (κ3) is 4.42. The first kappa shape index (κ1) is 21.6. The Labute approximate surface area is 167 Å². The summed E-state index contributed by atoms with van der Waals surface area (Å²) in [6.45, 7) is 11.8. The zero-order chi connectivity index (χ0) is 21.3. The van der Waals surface area contributed by atoms with Crippen molar-refractivity contribution in [3.63, 3.8) is 0 Å². The molecule has 0 saturated heterocycles. The van der Waals surface area contributed by atoms with Crippen LogP contribution in [-0.2, 0) is 20.7 Å². The second-order valence-corrected chi connectivity index (χ2v) is 10.6. The van der Waals surface area contributed by atoms with Crippen molar-refractivity contribution in [2.24, 2.45) is 0 Å². The number of pyridine rings is 1. The second-order valence-electron chi connectivity index (χ2n) is 8.76. The summed E-state index contributed by atoms with van der Waals surface area (Å²) in [4.78, 5) is 3.48. The molecule has 2 rings (SSSR count). The van der Waals surface area contributed by atoms with Gasteiger partial charge in [-0.2, -0.15) is 5.26 Å². The lowest BCUT2D eigenvalue weighted by Crippen LogP contribution is -2.17. The zero-order valence-electron chi connectivity index (χ0n) is 17.1. The Bertz CT molecular complexity index is 1010. The minimum absolute atomic E-state index is 0.173. The molecule has 1 heterocycles. The van der Waals surface area contributed by atoms with Crippen molar-refractivity contribution in [3.05, 3.63) is 58.1 Å². The number of hydrogen-bond donors (Lipinski definition) is 1. The Kier molecular flexibility index (Phi) is 5.72. The summed E-state index contributed by atoms with van der Waals surface area (Å²) in [6.07, 6.45) is 2.71. The number of rotatable bonds is 3. The van der Waals surface area contributed by atoms with Crippen LogP contribution in [0.15, 0.2) is 46.5 Å². The van der Waals surface area contributed by atoms with E-state index in [4.69, 9.17) is 0 Å². The summed E-state index contributed by atoms with van der Waals surface area (Å²) in [6, 6.07) is 9.79. The van der Waals surface area contributed by atoms with Gasteiger partial charge in [0.2, 0.25) is 9.84 Å². The lowest BCUT2D eigenvalue weighted by molar-refractivity contribution is 0.423. The topological polar surface area (TPSA) is 91.0 Å². The predicted molar refractivity (Wildman–Crippen MR) is 111 cm³/mol. The molecule has 1 N–H and O–H groups in total. The van der Waals surface area contributed by atoms with E-state index in [1.165, 1.54) is 18.3 Å². The molecule has 0 unspecified atom stereocenters. The number of benzene rings is 1. The van der Waals surface area contributed by atoms with Crippen LogP contribution in [0.3, 0.4) is 0 Å². The number of aromatic nitrogens is 1. The maximum absolute atomic E-state index is 12.8. The highest BCUT2D eigenvalue weighted by Gasteiger charge is 2.27. The van der Waals surface area contributed by atoms with Gasteiger partial charge >= 0.3 is 0 Å². The second kappa shape index (κ2) is 7.40. The Balaban J connectivity index is 2.75. The average Bonchev–Trinajstić information content (AvgIpc) is 2.59. The summed E-state index contributed by atoms with van der Waals surface area (Å²) < 4.78 is 25.6. The maximum atomic E-state index is 12.8. The molecular formula is C22H26N2O3S.